The van der Waals surface area contributed by atoms with Crippen LogP contribution < -0.4 is 5.73 Å². The minimum absolute atomic E-state index is 0.0860. The number of phenolic OH excluding ortho intramolecular Hbond substituents is 1. The van der Waals surface area contributed by atoms with Gasteiger partial charge in [0.25, 0.3) is 5.91 Å². The molecule has 34 heavy (non-hydrogen) atoms. The minimum Gasteiger partial charge on any atom is -0.508 e. The summed E-state index contributed by atoms with van der Waals surface area (Å²) in [6, 6.07) is -0.373. The SMILES string of the molecule is CC(=O)c1cc(F)c(O)c2c1C[C@H]1C[C@H]3[C@H](N(C)C)C(=O)C(C(N)=O)=C(O)[C@@]3(O)C(=O)C1=C2O. The van der Waals surface area contributed by atoms with Crippen molar-refractivity contribution >= 4 is 29.0 Å². The molecule has 3 aliphatic rings. The molecule has 11 heteroatoms. The predicted octanol–water partition coefficient (Wildman–Crippen LogP) is 0.306. The zero-order valence-corrected chi connectivity index (χ0v) is 18.5. The number of aliphatic hydroxyl groups is 3. The Morgan fingerprint density at radius 1 is 1.21 bits per heavy atom. The number of carbonyl (C=O) groups is 4. The van der Waals surface area contributed by atoms with Crippen molar-refractivity contribution in [3.8, 4) is 5.75 Å². The van der Waals surface area contributed by atoms with Crippen LogP contribution in [-0.4, -0.2) is 74.3 Å². The molecular formula is C23H23FN2O8. The quantitative estimate of drug-likeness (QED) is 0.304. The van der Waals surface area contributed by atoms with E-state index < -0.39 is 86.5 Å². The lowest BCUT2D eigenvalue weighted by Crippen LogP contribution is -2.65. The van der Waals surface area contributed by atoms with Crippen LogP contribution in [0.15, 0.2) is 23.0 Å². The summed E-state index contributed by atoms with van der Waals surface area (Å²) in [7, 11) is 2.98. The van der Waals surface area contributed by atoms with Gasteiger partial charge in [-0.2, -0.15) is 0 Å². The van der Waals surface area contributed by atoms with Crippen molar-refractivity contribution in [2.24, 2.45) is 17.6 Å². The van der Waals surface area contributed by atoms with Crippen molar-refractivity contribution in [2.75, 3.05) is 14.1 Å². The van der Waals surface area contributed by atoms with Crippen LogP contribution in [0.5, 0.6) is 5.75 Å². The van der Waals surface area contributed by atoms with Crippen LogP contribution in [-0.2, 0) is 20.8 Å². The van der Waals surface area contributed by atoms with Crippen LogP contribution >= 0.6 is 0 Å². The van der Waals surface area contributed by atoms with Crippen LogP contribution in [0.1, 0.15) is 34.8 Å². The maximum absolute atomic E-state index is 14.3. The molecule has 4 rings (SSSR count). The molecule has 1 amide bonds. The highest BCUT2D eigenvalue weighted by molar-refractivity contribution is 6.24. The Balaban J connectivity index is 2.02. The molecule has 0 heterocycles. The first kappa shape index (κ1) is 23.6. The molecule has 0 saturated heterocycles. The zero-order chi connectivity index (χ0) is 25.4. The molecule has 180 valence electrons. The molecule has 0 aromatic heterocycles. The lowest BCUT2D eigenvalue weighted by Gasteiger charge is -2.50. The van der Waals surface area contributed by atoms with Gasteiger partial charge in [0.2, 0.25) is 5.78 Å². The molecule has 0 radical (unpaired) electrons. The molecule has 0 aliphatic heterocycles. The summed E-state index contributed by atoms with van der Waals surface area (Å²) >= 11 is 0. The number of likely N-dealkylation sites (N-methyl/N-ethyl adjacent to an activating group) is 1. The van der Waals surface area contributed by atoms with Crippen molar-refractivity contribution < 1.29 is 44.0 Å². The van der Waals surface area contributed by atoms with Crippen molar-refractivity contribution in [1.82, 2.24) is 4.90 Å². The van der Waals surface area contributed by atoms with Crippen LogP contribution in [0.2, 0.25) is 0 Å². The van der Waals surface area contributed by atoms with Crippen LogP contribution in [0, 0.1) is 17.7 Å². The van der Waals surface area contributed by atoms with E-state index in [1.807, 2.05) is 0 Å². The number of amides is 1. The number of nitrogens with zero attached hydrogens (tertiary/aromatic N) is 1. The number of hydrogen-bond donors (Lipinski definition) is 5. The summed E-state index contributed by atoms with van der Waals surface area (Å²) in [5.74, 6) is -10.3. The van der Waals surface area contributed by atoms with Gasteiger partial charge in [0.15, 0.2) is 28.7 Å². The smallest absolute Gasteiger partial charge is 0.255 e. The Labute approximate surface area is 192 Å². The maximum atomic E-state index is 14.3. The van der Waals surface area contributed by atoms with E-state index in [2.05, 4.69) is 0 Å². The summed E-state index contributed by atoms with van der Waals surface area (Å²) in [5.41, 5.74) is 0.711. The zero-order valence-electron chi connectivity index (χ0n) is 18.5. The van der Waals surface area contributed by atoms with Gasteiger partial charge in [-0.05, 0) is 51.4 Å². The Kier molecular flexibility index (Phi) is 5.18. The van der Waals surface area contributed by atoms with E-state index in [1.54, 1.807) is 0 Å². The number of ketones is 3. The van der Waals surface area contributed by atoms with Gasteiger partial charge < -0.3 is 26.2 Å². The van der Waals surface area contributed by atoms with Crippen LogP contribution in [0.4, 0.5) is 4.39 Å². The van der Waals surface area contributed by atoms with Crippen molar-refractivity contribution in [1.29, 1.82) is 0 Å². The summed E-state index contributed by atoms with van der Waals surface area (Å²) in [6.07, 6.45) is -0.210. The van der Waals surface area contributed by atoms with Gasteiger partial charge in [-0.3, -0.25) is 24.1 Å². The second kappa shape index (κ2) is 7.47. The first-order chi connectivity index (χ1) is 15.7. The van der Waals surface area contributed by atoms with E-state index in [9.17, 15) is 44.0 Å². The molecule has 10 nitrogen and oxygen atoms in total. The van der Waals surface area contributed by atoms with Crippen molar-refractivity contribution in [3.63, 3.8) is 0 Å². The van der Waals surface area contributed by atoms with Gasteiger partial charge in [-0.1, -0.05) is 0 Å². The average Bonchev–Trinajstić information content (AvgIpc) is 2.72. The van der Waals surface area contributed by atoms with Gasteiger partial charge >= 0.3 is 0 Å². The Hall–Kier alpha value is -3.57. The average molecular weight is 474 g/mol. The highest BCUT2D eigenvalue weighted by Gasteiger charge is 2.64. The van der Waals surface area contributed by atoms with E-state index in [0.29, 0.717) is 0 Å². The highest BCUT2D eigenvalue weighted by atomic mass is 19.1. The number of fused-ring (bicyclic) bond motifs is 3. The van der Waals surface area contributed by atoms with Gasteiger partial charge in [0, 0.05) is 17.1 Å². The Bertz CT molecular complexity index is 1260. The van der Waals surface area contributed by atoms with Crippen LogP contribution in [0.25, 0.3) is 5.76 Å². The van der Waals surface area contributed by atoms with Crippen molar-refractivity contribution in [3.05, 3.63) is 45.5 Å². The van der Waals surface area contributed by atoms with Gasteiger partial charge in [0.05, 0.1) is 11.6 Å². The first-order valence-corrected chi connectivity index (χ1v) is 10.4. The summed E-state index contributed by atoms with van der Waals surface area (Å²) in [6.45, 7) is 1.18. The molecule has 0 bridgehead atoms. The number of nitrogens with two attached hydrogens (primary N) is 1. The number of phenols is 1. The molecule has 1 fully saturated rings. The first-order valence-electron chi connectivity index (χ1n) is 10.4. The monoisotopic (exact) mass is 474 g/mol. The van der Waals surface area contributed by atoms with E-state index >= 15 is 0 Å². The van der Waals surface area contributed by atoms with Gasteiger partial charge in [-0.25, -0.2) is 4.39 Å². The summed E-state index contributed by atoms with van der Waals surface area (Å²) in [5, 5.41) is 43.5. The topological polar surface area (TPSA) is 178 Å². The number of aliphatic hydroxyl groups excluding tert-OH is 2. The molecule has 1 saturated carbocycles. The molecule has 1 aromatic rings. The third kappa shape index (κ3) is 2.86. The lowest BCUT2D eigenvalue weighted by atomic mass is 9.57. The van der Waals surface area contributed by atoms with Gasteiger partial charge in [-0.15, -0.1) is 0 Å². The number of hydrogen-bond acceptors (Lipinski definition) is 9. The Morgan fingerprint density at radius 3 is 2.35 bits per heavy atom. The normalized spacial score (nSPS) is 28.6. The summed E-state index contributed by atoms with van der Waals surface area (Å²) < 4.78 is 14.3. The van der Waals surface area contributed by atoms with Crippen molar-refractivity contribution in [2.45, 2.75) is 31.4 Å². The highest BCUT2D eigenvalue weighted by Crippen LogP contribution is 2.53. The largest absolute Gasteiger partial charge is 0.508 e. The second-order valence-electron chi connectivity index (χ2n) is 9.13. The third-order valence-electron chi connectivity index (χ3n) is 7.05. The fourth-order valence-corrected chi connectivity index (χ4v) is 5.59. The molecular weight excluding hydrogens is 451 g/mol. The molecule has 0 spiro atoms. The fraction of sp³-hybridized carbons (Fsp3) is 0.391. The van der Waals surface area contributed by atoms with E-state index in [4.69, 9.17) is 5.73 Å². The van der Waals surface area contributed by atoms with Gasteiger partial charge in [0.1, 0.15) is 17.1 Å². The standard InChI is InChI=1S/C23H23FN2O8/c1-7(27)9-6-12(24)17(28)14-10(9)4-8-5-11-16(26(2)3)19(30)15(22(25)33)21(32)23(11,34)20(31)13(8)18(14)29/h6,8,11,16,28-29,32,34H,4-5H2,1-3H3,(H2,25,33)/t8-,11-,16-,23-/m0/s1. The predicted molar refractivity (Wildman–Crippen MR) is 114 cm³/mol. The summed E-state index contributed by atoms with van der Waals surface area (Å²) in [4.78, 5) is 52.1. The molecule has 6 N–H and O–H groups in total. The number of aromatic hydroxyl groups is 1. The maximum Gasteiger partial charge on any atom is 0.255 e. The number of carbonyl (C=O) groups excluding carboxylic acids is 4. The Morgan fingerprint density at radius 2 is 1.82 bits per heavy atom. The number of Topliss-reactive ketones (excluding diaryl/α,β-unsaturated/α-hetero) is 3. The van der Waals surface area contributed by atoms with E-state index in [-0.39, 0.29) is 24.0 Å². The fourth-order valence-electron chi connectivity index (χ4n) is 5.59. The second-order valence-corrected chi connectivity index (χ2v) is 9.13. The lowest BCUT2D eigenvalue weighted by molar-refractivity contribution is -0.153. The number of halogens is 1. The number of rotatable bonds is 3. The van der Waals surface area contributed by atoms with E-state index in [1.165, 1.54) is 25.9 Å². The van der Waals surface area contributed by atoms with Crippen LogP contribution in [0.3, 0.4) is 0 Å². The third-order valence-corrected chi connectivity index (χ3v) is 7.05. The van der Waals surface area contributed by atoms with E-state index in [0.717, 1.165) is 6.07 Å². The minimum atomic E-state index is -2.78. The molecule has 0 unspecified atom stereocenters. The number of benzene rings is 1. The number of primary amides is 1. The molecule has 3 aliphatic carbocycles. The molecule has 4 atom stereocenters. The molecule has 1 aromatic carbocycles.